The van der Waals surface area contributed by atoms with Crippen molar-refractivity contribution in [2.75, 3.05) is 13.7 Å². The molecule has 1 fully saturated rings. The van der Waals surface area contributed by atoms with Gasteiger partial charge in [-0.2, -0.15) is 0 Å². The number of hydrogen-bond donors (Lipinski definition) is 0. The summed E-state index contributed by atoms with van der Waals surface area (Å²) in [5, 5.41) is 4.47. The molecule has 0 bridgehead atoms. The van der Waals surface area contributed by atoms with Crippen LogP contribution in [-0.2, 0) is 9.47 Å². The fourth-order valence-corrected chi connectivity index (χ4v) is 1.84. The predicted molar refractivity (Wildman–Crippen MR) is 63.0 cm³/mol. The van der Waals surface area contributed by atoms with E-state index in [9.17, 15) is 0 Å². The van der Waals surface area contributed by atoms with Gasteiger partial charge in [0.25, 0.3) is 0 Å². The summed E-state index contributed by atoms with van der Waals surface area (Å²) in [5.41, 5.74) is 1.14. The predicted octanol–water partition coefficient (Wildman–Crippen LogP) is 0.0119. The molecule has 86 valence electrons. The van der Waals surface area contributed by atoms with Crippen molar-refractivity contribution < 1.29 is 39.0 Å². The first kappa shape index (κ1) is 14.6. The number of allylic oxidation sites excluding steroid dienone is 1. The van der Waals surface area contributed by atoms with E-state index in [4.69, 9.17) is 9.47 Å². The quantitative estimate of drug-likeness (QED) is 0.698. The zero-order chi connectivity index (χ0) is 11.4. The van der Waals surface area contributed by atoms with E-state index in [-0.39, 0.29) is 41.7 Å². The molecule has 0 radical (unpaired) electrons. The van der Waals surface area contributed by atoms with Gasteiger partial charge in [0.2, 0.25) is 0 Å². The van der Waals surface area contributed by atoms with Gasteiger partial charge in [-0.05, 0) is 18.5 Å². The smallest absolute Gasteiger partial charge is 0.647 e. The molecule has 0 amide bonds. The molecule has 1 aliphatic heterocycles. The molecule has 2 atom stereocenters. The molecule has 1 aliphatic rings. The number of rotatable bonds is 3. The van der Waals surface area contributed by atoms with Gasteiger partial charge in [0.1, 0.15) is 6.10 Å². The summed E-state index contributed by atoms with van der Waals surface area (Å²) >= 11 is 0. The molecule has 0 N–H and O–H groups in total. The summed E-state index contributed by atoms with van der Waals surface area (Å²) in [6.07, 6.45) is 1.86. The fourth-order valence-electron chi connectivity index (χ4n) is 1.84. The van der Waals surface area contributed by atoms with Gasteiger partial charge in [-0.25, -0.2) is 0 Å². The zero-order valence-corrected chi connectivity index (χ0v) is 12.6. The van der Waals surface area contributed by atoms with Gasteiger partial charge in [-0.1, -0.05) is 36.4 Å². The van der Waals surface area contributed by atoms with Crippen molar-refractivity contribution in [3.05, 3.63) is 53.2 Å². The molecule has 0 aromatic heterocycles. The average molecular weight is 241 g/mol. The minimum Gasteiger partial charge on any atom is -0.647 e. The van der Waals surface area contributed by atoms with Gasteiger partial charge in [-0.15, -0.1) is 0 Å². The Morgan fingerprint density at radius 2 is 2.06 bits per heavy atom. The summed E-state index contributed by atoms with van der Waals surface area (Å²) in [4.78, 5) is 0. The van der Waals surface area contributed by atoms with Gasteiger partial charge in [-0.3, -0.25) is 0 Å². The van der Waals surface area contributed by atoms with E-state index in [0.717, 1.165) is 5.56 Å². The second-order valence-electron chi connectivity index (χ2n) is 3.73. The second kappa shape index (κ2) is 7.07. The van der Waals surface area contributed by atoms with Crippen LogP contribution in [0.4, 0.5) is 0 Å². The first-order valence-electron chi connectivity index (χ1n) is 5.43. The number of benzene rings is 1. The molecule has 3 nitrogen and oxygen atoms in total. The third-order valence-corrected chi connectivity index (χ3v) is 2.60. The number of ether oxygens (including phenoxy) is 2. The first-order chi connectivity index (χ1) is 7.85. The van der Waals surface area contributed by atoms with E-state index in [1.165, 1.54) is 0 Å². The minimum atomic E-state index is -0.0210. The van der Waals surface area contributed by atoms with Gasteiger partial charge >= 0.3 is 29.6 Å². The Kier molecular flexibility index (Phi) is 6.06. The third kappa shape index (κ3) is 3.49. The number of methoxy groups -OCH3 is 1. The van der Waals surface area contributed by atoms with Crippen LogP contribution in [0.1, 0.15) is 18.6 Å². The van der Waals surface area contributed by atoms with E-state index in [0.29, 0.717) is 12.5 Å². The van der Waals surface area contributed by atoms with Crippen LogP contribution in [-0.4, -0.2) is 19.8 Å². The van der Waals surface area contributed by atoms with Crippen molar-refractivity contribution in [1.82, 2.24) is 0 Å². The third-order valence-electron chi connectivity index (χ3n) is 2.60. The molecule has 1 heterocycles. The molecular weight excluding hydrogens is 225 g/mol. The van der Waals surface area contributed by atoms with Crippen LogP contribution in [0.25, 0.3) is 5.32 Å². The summed E-state index contributed by atoms with van der Waals surface area (Å²) in [6.45, 7) is 2.51. The van der Waals surface area contributed by atoms with Crippen molar-refractivity contribution in [2.45, 2.75) is 19.1 Å². The van der Waals surface area contributed by atoms with E-state index in [1.54, 1.807) is 7.11 Å². The van der Waals surface area contributed by atoms with Crippen LogP contribution < -0.4 is 29.6 Å². The standard InChI is InChI=1S/C13H16NO2.Na/c1-3-12-14-11(9-15-2)13(16-12)10-7-5-4-6-8-10;/h3-8,11,13H,9H2,1-2H3;/q-1;+1/b12-3-;/t11-,13-;/m0./s1. The monoisotopic (exact) mass is 241 g/mol. The molecule has 0 aliphatic carbocycles. The van der Waals surface area contributed by atoms with Crippen molar-refractivity contribution in [3.63, 3.8) is 0 Å². The number of nitrogens with zero attached hydrogens (tertiary/aromatic N) is 1. The Hall–Kier alpha value is -0.480. The molecule has 1 aromatic carbocycles. The molecule has 2 rings (SSSR count). The van der Waals surface area contributed by atoms with Crippen LogP contribution in [0.15, 0.2) is 42.3 Å². The van der Waals surface area contributed by atoms with Gasteiger partial charge in [0.15, 0.2) is 0 Å². The fraction of sp³-hybridized carbons (Fsp3) is 0.385. The molecule has 4 heteroatoms. The summed E-state index contributed by atoms with van der Waals surface area (Å²) in [7, 11) is 1.69. The number of hydrogen-bond acceptors (Lipinski definition) is 2. The zero-order valence-electron chi connectivity index (χ0n) is 10.6. The minimum absolute atomic E-state index is 0. The van der Waals surface area contributed by atoms with Crippen LogP contribution in [0.5, 0.6) is 0 Å². The van der Waals surface area contributed by atoms with Crippen molar-refractivity contribution >= 4 is 0 Å². The summed E-state index contributed by atoms with van der Waals surface area (Å²) in [6, 6.07) is 10.2. The molecular formula is C13H16NNaO2. The van der Waals surface area contributed by atoms with Crippen LogP contribution >= 0.6 is 0 Å². The summed E-state index contributed by atoms with van der Waals surface area (Å²) < 4.78 is 10.9. The first-order valence-corrected chi connectivity index (χ1v) is 5.43. The molecule has 17 heavy (non-hydrogen) atoms. The molecule has 0 spiro atoms. The Morgan fingerprint density at radius 1 is 1.35 bits per heavy atom. The SMILES string of the molecule is C/C=C1/[N-][C@@H](COC)[C@H](c2ccccc2)O1.[Na+]. The molecule has 0 unspecified atom stereocenters. The molecule has 1 aromatic rings. The van der Waals surface area contributed by atoms with E-state index in [1.807, 2.05) is 31.2 Å². The Morgan fingerprint density at radius 3 is 2.65 bits per heavy atom. The van der Waals surface area contributed by atoms with Crippen LogP contribution in [0.2, 0.25) is 0 Å². The van der Waals surface area contributed by atoms with E-state index >= 15 is 0 Å². The maximum absolute atomic E-state index is 5.78. The largest absolute Gasteiger partial charge is 1.00 e. The maximum Gasteiger partial charge on any atom is 1.00 e. The van der Waals surface area contributed by atoms with Crippen LogP contribution in [0.3, 0.4) is 0 Å². The topological polar surface area (TPSA) is 32.6 Å². The van der Waals surface area contributed by atoms with E-state index < -0.39 is 0 Å². The van der Waals surface area contributed by atoms with Gasteiger partial charge in [0.05, 0.1) is 0 Å². The normalized spacial score (nSPS) is 24.9. The van der Waals surface area contributed by atoms with E-state index in [2.05, 4.69) is 17.4 Å². The van der Waals surface area contributed by atoms with Crippen LogP contribution in [0, 0.1) is 0 Å². The Bertz CT molecular complexity index is 367. The van der Waals surface area contributed by atoms with Crippen molar-refractivity contribution in [1.29, 1.82) is 0 Å². The molecule has 0 saturated carbocycles. The van der Waals surface area contributed by atoms with Gasteiger partial charge < -0.3 is 14.8 Å². The van der Waals surface area contributed by atoms with Gasteiger partial charge in [0, 0.05) is 19.6 Å². The maximum atomic E-state index is 5.78. The van der Waals surface area contributed by atoms with Crippen molar-refractivity contribution in [2.24, 2.45) is 0 Å². The Labute approximate surface area is 124 Å². The second-order valence-corrected chi connectivity index (χ2v) is 3.73. The molecule has 1 saturated heterocycles. The Balaban J connectivity index is 0.00000144. The van der Waals surface area contributed by atoms with Crippen molar-refractivity contribution in [3.8, 4) is 0 Å². The average Bonchev–Trinajstić information content (AvgIpc) is 2.74. The summed E-state index contributed by atoms with van der Waals surface area (Å²) in [5.74, 6) is 0.705.